The summed E-state index contributed by atoms with van der Waals surface area (Å²) in [5, 5.41) is 7.97. The van der Waals surface area contributed by atoms with E-state index in [2.05, 4.69) is 10.2 Å². The predicted molar refractivity (Wildman–Crippen MR) is 86.6 cm³/mol. The third kappa shape index (κ3) is 3.10. The normalized spacial score (nSPS) is 18.8. The number of carbonyl (C=O) groups excluding carboxylic acids is 1. The minimum Gasteiger partial charge on any atom is -0.338 e. The molecule has 0 aliphatic carbocycles. The Morgan fingerprint density at radius 1 is 1.15 bits per heavy atom. The van der Waals surface area contributed by atoms with Gasteiger partial charge in [-0.15, -0.1) is 0 Å². The molecule has 26 heavy (non-hydrogen) atoms. The Morgan fingerprint density at radius 3 is 2.62 bits per heavy atom. The Bertz CT molecular complexity index is 802. The fourth-order valence-corrected chi connectivity index (χ4v) is 3.80. The van der Waals surface area contributed by atoms with Crippen molar-refractivity contribution in [3.63, 3.8) is 0 Å². The minimum absolute atomic E-state index is 0.0250. The van der Waals surface area contributed by atoms with E-state index >= 15 is 0 Å². The third-order valence-electron chi connectivity index (χ3n) is 5.24. The van der Waals surface area contributed by atoms with E-state index in [4.69, 9.17) is 0 Å². The van der Waals surface area contributed by atoms with Gasteiger partial charge in [0.15, 0.2) is 5.69 Å². The van der Waals surface area contributed by atoms with E-state index in [-0.39, 0.29) is 11.9 Å². The molecule has 0 radical (unpaired) electrons. The summed E-state index contributed by atoms with van der Waals surface area (Å²) in [6.45, 7) is 1.87. The minimum atomic E-state index is -4.43. The molecule has 0 spiro atoms. The summed E-state index contributed by atoms with van der Waals surface area (Å²) in [7, 11) is 0. The SMILES string of the molecule is O=C(c1cnn2c1CCCC2)N1CCC(n2ccc(C(F)(F)F)n2)CC1. The highest BCUT2D eigenvalue weighted by Crippen LogP contribution is 2.30. The molecule has 1 fully saturated rings. The van der Waals surface area contributed by atoms with Crippen molar-refractivity contribution in [3.05, 3.63) is 35.4 Å². The van der Waals surface area contributed by atoms with E-state index in [1.165, 1.54) is 10.9 Å². The highest BCUT2D eigenvalue weighted by Gasteiger charge is 2.35. The Hall–Kier alpha value is -2.32. The molecule has 2 aliphatic rings. The summed E-state index contributed by atoms with van der Waals surface area (Å²) < 4.78 is 41.4. The first-order chi connectivity index (χ1) is 12.4. The van der Waals surface area contributed by atoms with Crippen LogP contribution in [0.4, 0.5) is 13.2 Å². The van der Waals surface area contributed by atoms with Gasteiger partial charge in [-0.25, -0.2) is 0 Å². The molecule has 6 nitrogen and oxygen atoms in total. The molecule has 0 unspecified atom stereocenters. The van der Waals surface area contributed by atoms with Crippen LogP contribution in [0.5, 0.6) is 0 Å². The van der Waals surface area contributed by atoms with Crippen molar-refractivity contribution in [2.75, 3.05) is 13.1 Å². The molecule has 2 aromatic rings. The molecule has 140 valence electrons. The summed E-state index contributed by atoms with van der Waals surface area (Å²) in [4.78, 5) is 14.6. The lowest BCUT2D eigenvalue weighted by atomic mass is 10.0. The number of amides is 1. The van der Waals surface area contributed by atoms with Crippen LogP contribution < -0.4 is 0 Å². The number of aryl methyl sites for hydroxylation is 1. The molecule has 0 atom stereocenters. The van der Waals surface area contributed by atoms with Crippen LogP contribution in [-0.4, -0.2) is 43.5 Å². The summed E-state index contributed by atoms with van der Waals surface area (Å²) in [5.41, 5.74) is 0.800. The van der Waals surface area contributed by atoms with Gasteiger partial charge in [0, 0.05) is 25.8 Å². The number of halogens is 3. The highest BCUT2D eigenvalue weighted by atomic mass is 19.4. The molecular formula is C17H20F3N5O. The molecule has 4 heterocycles. The number of carbonyl (C=O) groups is 1. The van der Waals surface area contributed by atoms with Crippen LogP contribution in [0.2, 0.25) is 0 Å². The first-order valence-electron chi connectivity index (χ1n) is 8.90. The van der Waals surface area contributed by atoms with Crippen molar-refractivity contribution in [2.45, 2.75) is 50.9 Å². The number of rotatable bonds is 2. The van der Waals surface area contributed by atoms with Crippen LogP contribution in [-0.2, 0) is 19.1 Å². The average molecular weight is 367 g/mol. The fraction of sp³-hybridized carbons (Fsp3) is 0.588. The van der Waals surface area contributed by atoms with E-state index in [0.29, 0.717) is 31.5 Å². The second-order valence-electron chi connectivity index (χ2n) is 6.89. The molecular weight excluding hydrogens is 347 g/mol. The van der Waals surface area contributed by atoms with E-state index in [9.17, 15) is 18.0 Å². The van der Waals surface area contributed by atoms with Gasteiger partial charge in [0.25, 0.3) is 5.91 Å². The lowest BCUT2D eigenvalue weighted by Gasteiger charge is -2.32. The van der Waals surface area contributed by atoms with Gasteiger partial charge < -0.3 is 4.90 Å². The van der Waals surface area contributed by atoms with E-state index in [0.717, 1.165) is 37.6 Å². The smallest absolute Gasteiger partial charge is 0.338 e. The van der Waals surface area contributed by atoms with Crippen molar-refractivity contribution in [3.8, 4) is 0 Å². The van der Waals surface area contributed by atoms with Crippen LogP contribution in [0.1, 0.15) is 53.5 Å². The standard InChI is InChI=1S/C17H20F3N5O/c18-17(19,20)15-6-10-24(22-15)12-4-8-23(9-5-12)16(26)13-11-21-25-7-2-1-3-14(13)25/h6,10-12H,1-5,7-9H2. The molecule has 9 heteroatoms. The van der Waals surface area contributed by atoms with Crippen molar-refractivity contribution in [1.82, 2.24) is 24.5 Å². The van der Waals surface area contributed by atoms with Crippen LogP contribution >= 0.6 is 0 Å². The second-order valence-corrected chi connectivity index (χ2v) is 6.89. The Kier molecular flexibility index (Phi) is 4.24. The number of hydrogen-bond donors (Lipinski definition) is 0. The van der Waals surface area contributed by atoms with Crippen molar-refractivity contribution < 1.29 is 18.0 Å². The summed E-state index contributed by atoms with van der Waals surface area (Å²) in [6, 6.07) is 0.882. The Labute approximate surface area is 148 Å². The van der Waals surface area contributed by atoms with E-state index < -0.39 is 11.9 Å². The molecule has 0 saturated carbocycles. The predicted octanol–water partition coefficient (Wildman–Crippen LogP) is 2.91. The highest BCUT2D eigenvalue weighted by molar-refractivity contribution is 5.95. The number of hydrogen-bond acceptors (Lipinski definition) is 3. The second kappa shape index (κ2) is 6.44. The van der Waals surface area contributed by atoms with Crippen LogP contribution in [0.25, 0.3) is 0 Å². The van der Waals surface area contributed by atoms with Gasteiger partial charge in [-0.3, -0.25) is 14.2 Å². The zero-order chi connectivity index (χ0) is 18.3. The van der Waals surface area contributed by atoms with E-state index in [1.807, 2.05) is 4.68 Å². The average Bonchev–Trinajstić information content (AvgIpc) is 3.28. The summed E-state index contributed by atoms with van der Waals surface area (Å²) in [6.07, 6.45) is 2.79. The zero-order valence-corrected chi connectivity index (χ0v) is 14.2. The summed E-state index contributed by atoms with van der Waals surface area (Å²) >= 11 is 0. The first kappa shape index (κ1) is 17.1. The number of alkyl halides is 3. The largest absolute Gasteiger partial charge is 0.435 e. The molecule has 2 aliphatic heterocycles. The number of piperidine rings is 1. The summed E-state index contributed by atoms with van der Waals surface area (Å²) in [5.74, 6) is -0.0250. The molecule has 0 N–H and O–H groups in total. The van der Waals surface area contributed by atoms with Crippen molar-refractivity contribution in [1.29, 1.82) is 0 Å². The lowest BCUT2D eigenvalue weighted by molar-refractivity contribution is -0.141. The Morgan fingerprint density at radius 2 is 1.92 bits per heavy atom. The van der Waals surface area contributed by atoms with Gasteiger partial charge in [0.2, 0.25) is 0 Å². The maximum absolute atomic E-state index is 12.8. The van der Waals surface area contributed by atoms with Gasteiger partial charge in [0.05, 0.1) is 23.5 Å². The van der Waals surface area contributed by atoms with Gasteiger partial charge in [-0.2, -0.15) is 23.4 Å². The lowest BCUT2D eigenvalue weighted by Crippen LogP contribution is -2.39. The van der Waals surface area contributed by atoms with Gasteiger partial charge in [-0.1, -0.05) is 0 Å². The molecule has 1 amide bonds. The number of fused-ring (bicyclic) bond motifs is 1. The molecule has 2 aromatic heterocycles. The first-order valence-corrected chi connectivity index (χ1v) is 8.90. The molecule has 0 bridgehead atoms. The Balaban J connectivity index is 1.41. The van der Waals surface area contributed by atoms with Gasteiger partial charge in [0.1, 0.15) is 0 Å². The topological polar surface area (TPSA) is 56.0 Å². The zero-order valence-electron chi connectivity index (χ0n) is 14.2. The molecule has 1 saturated heterocycles. The maximum Gasteiger partial charge on any atom is 0.435 e. The van der Waals surface area contributed by atoms with Crippen LogP contribution in [0, 0.1) is 0 Å². The van der Waals surface area contributed by atoms with Gasteiger partial charge in [-0.05, 0) is 38.2 Å². The van der Waals surface area contributed by atoms with Gasteiger partial charge >= 0.3 is 6.18 Å². The molecule has 4 rings (SSSR count). The quantitative estimate of drug-likeness (QED) is 0.820. The fourth-order valence-electron chi connectivity index (χ4n) is 3.80. The van der Waals surface area contributed by atoms with Crippen LogP contribution in [0.3, 0.4) is 0 Å². The third-order valence-corrected chi connectivity index (χ3v) is 5.24. The number of aromatic nitrogens is 4. The number of nitrogens with zero attached hydrogens (tertiary/aromatic N) is 5. The monoisotopic (exact) mass is 367 g/mol. The number of likely N-dealkylation sites (tertiary alicyclic amines) is 1. The van der Waals surface area contributed by atoms with Crippen molar-refractivity contribution >= 4 is 5.91 Å². The van der Waals surface area contributed by atoms with Crippen molar-refractivity contribution in [2.24, 2.45) is 0 Å². The maximum atomic E-state index is 12.8. The molecule has 0 aromatic carbocycles. The van der Waals surface area contributed by atoms with Crippen LogP contribution in [0.15, 0.2) is 18.5 Å². The van der Waals surface area contributed by atoms with E-state index in [1.54, 1.807) is 11.1 Å².